The molecular weight excluding hydrogens is 654 g/mol. The highest BCUT2D eigenvalue weighted by atomic mass is 16.5. The van der Waals surface area contributed by atoms with Crippen molar-refractivity contribution in [2.45, 2.75) is 155 Å². The van der Waals surface area contributed by atoms with Crippen molar-refractivity contribution in [1.82, 2.24) is 0 Å². The Morgan fingerprint density at radius 3 is 1.38 bits per heavy atom. The number of carbonyl (C=O) groups excluding carboxylic acids is 1. The van der Waals surface area contributed by atoms with Gasteiger partial charge in [0.1, 0.15) is 0 Å². The Morgan fingerprint density at radius 2 is 0.981 bits per heavy atom. The summed E-state index contributed by atoms with van der Waals surface area (Å²) in [5, 5.41) is 31.3. The highest BCUT2D eigenvalue weighted by Gasteiger charge is 2.60. The second-order valence-corrected chi connectivity index (χ2v) is 19.8. The molecule has 300 valence electrons. The summed E-state index contributed by atoms with van der Waals surface area (Å²) in [6.07, 6.45) is 19.7. The molecule has 52 heavy (non-hydrogen) atoms. The number of amides is 1. The highest BCUT2D eigenvalue weighted by Crippen LogP contribution is 2.66. The number of nitrogens with two attached hydrogens (primary N) is 1. The van der Waals surface area contributed by atoms with Crippen LogP contribution in [0.5, 0.6) is 0 Å². The van der Waals surface area contributed by atoms with Crippen molar-refractivity contribution in [1.29, 1.82) is 0 Å². The van der Waals surface area contributed by atoms with E-state index in [9.17, 15) is 24.9 Å². The van der Waals surface area contributed by atoms with Crippen LogP contribution >= 0.6 is 0 Å². The van der Waals surface area contributed by atoms with E-state index in [0.29, 0.717) is 36.9 Å². The fraction of sp³-hybridized carbons (Fsp3) is 0.955. The zero-order valence-corrected chi connectivity index (χ0v) is 31.6. The first kappa shape index (κ1) is 41.9. The minimum Gasteiger partial charge on any atom is -0.481 e. The van der Waals surface area contributed by atoms with Gasteiger partial charge in [-0.15, -0.1) is 0 Å². The molecule has 0 saturated heterocycles. The van der Waals surface area contributed by atoms with Crippen LogP contribution in [0.1, 0.15) is 144 Å². The molecule has 0 aromatic heterocycles. The number of ether oxygens (including phenoxy) is 2. The van der Waals surface area contributed by atoms with Crippen molar-refractivity contribution in [2.24, 2.45) is 87.6 Å². The van der Waals surface area contributed by atoms with Crippen molar-refractivity contribution in [3.05, 3.63) is 0 Å². The van der Waals surface area contributed by atoms with Gasteiger partial charge in [0.25, 0.3) is 0 Å². The number of hydrogen-bond acceptors (Lipinski definition) is 6. The number of carboxylic acid groups (broad SMARTS) is 1. The van der Waals surface area contributed by atoms with Crippen molar-refractivity contribution in [2.75, 3.05) is 27.4 Å². The number of aliphatic hydroxyl groups is 2. The smallest absolute Gasteiger partial charge is 0.307 e. The van der Waals surface area contributed by atoms with Gasteiger partial charge in [-0.1, -0.05) is 28.7 Å². The monoisotopic (exact) mass is 732 g/mol. The van der Waals surface area contributed by atoms with Gasteiger partial charge in [0.05, 0.1) is 30.3 Å². The quantitative estimate of drug-likeness (QED) is 0.217. The van der Waals surface area contributed by atoms with Gasteiger partial charge in [0.2, 0.25) is 5.91 Å². The average Bonchev–Trinajstić information content (AvgIpc) is 3.61. The predicted octanol–water partition coefficient (Wildman–Crippen LogP) is 8.11. The maximum Gasteiger partial charge on any atom is 0.307 e. The summed E-state index contributed by atoms with van der Waals surface area (Å²) in [7, 11) is 3.38. The number of carboxylic acids is 1. The summed E-state index contributed by atoms with van der Waals surface area (Å²) in [5.74, 6) is 6.48. The zero-order valence-electron chi connectivity index (χ0n) is 31.6. The minimum atomic E-state index is -0.617. The van der Waals surface area contributed by atoms with E-state index in [1.54, 1.807) is 14.2 Å². The van der Waals surface area contributed by atoms with Crippen LogP contribution in [0.4, 0.5) is 0 Å². The van der Waals surface area contributed by atoms with Crippen LogP contribution in [0, 0.1) is 81.8 Å². The highest BCUT2D eigenvalue weighted by molar-refractivity contribution is 5.78. The van der Waals surface area contributed by atoms with Crippen LogP contribution in [0.2, 0.25) is 0 Å². The van der Waals surface area contributed by atoms with Crippen molar-refractivity contribution >= 4 is 11.9 Å². The van der Waals surface area contributed by atoms with Gasteiger partial charge in [-0.05, 0) is 186 Å². The summed E-state index contributed by atoms with van der Waals surface area (Å²) >= 11 is 0. The Morgan fingerprint density at radius 1 is 0.577 bits per heavy atom. The molecule has 8 heteroatoms. The normalized spacial score (nSPS) is 50.1. The molecule has 0 heterocycles. The first-order chi connectivity index (χ1) is 23.8. The van der Waals surface area contributed by atoms with Gasteiger partial charge in [-0.25, -0.2) is 0 Å². The number of aliphatic carboxylic acids is 1. The van der Waals surface area contributed by atoms with Gasteiger partial charge < -0.3 is 30.5 Å². The largest absolute Gasteiger partial charge is 0.481 e. The van der Waals surface area contributed by atoms with Gasteiger partial charge in [-0.3, -0.25) is 9.59 Å². The van der Waals surface area contributed by atoms with E-state index in [1.807, 2.05) is 0 Å². The number of hydrogen-bond donors (Lipinski definition) is 4. The molecule has 8 nitrogen and oxygen atoms in total. The molecule has 1 amide bonds. The van der Waals surface area contributed by atoms with Crippen LogP contribution in [-0.4, -0.2) is 65.8 Å². The predicted molar refractivity (Wildman–Crippen MR) is 205 cm³/mol. The SMILES string of the molecule is C.C.COC[C@@]1(O)CC[C@H]2[C@@H](CC[C@@H]3[C@@H]2CC[C@]2(C)[C@@H](C(=O)O)CC[C@@H]32)C1.COC[C@@]1(O)CC[C@H]2[C@@H](CC[C@@H]3[C@@H]2CC[C@]2(C)[C@@H](C(N)=O)CC[C@@H]32)C1. The van der Waals surface area contributed by atoms with Gasteiger partial charge in [-0.2, -0.15) is 0 Å². The maximum absolute atomic E-state index is 12.0. The van der Waals surface area contributed by atoms with Crippen LogP contribution in [0.3, 0.4) is 0 Å². The molecule has 0 aliphatic heterocycles. The lowest BCUT2D eigenvalue weighted by molar-refractivity contribution is -0.151. The molecule has 16 atom stereocenters. The molecule has 8 saturated carbocycles. The van der Waals surface area contributed by atoms with Crippen molar-refractivity contribution in [3.63, 3.8) is 0 Å². The third kappa shape index (κ3) is 7.15. The van der Waals surface area contributed by atoms with E-state index < -0.39 is 17.2 Å². The number of primary amides is 1. The Hall–Kier alpha value is -1.22. The van der Waals surface area contributed by atoms with E-state index >= 15 is 0 Å². The summed E-state index contributed by atoms with van der Waals surface area (Å²) in [6, 6.07) is 0. The maximum atomic E-state index is 12.0. The Bertz CT molecular complexity index is 1170. The molecule has 8 fully saturated rings. The lowest BCUT2D eigenvalue weighted by Crippen LogP contribution is -2.52. The lowest BCUT2D eigenvalue weighted by Gasteiger charge is -2.57. The van der Waals surface area contributed by atoms with Gasteiger partial charge >= 0.3 is 5.97 Å². The number of methoxy groups -OCH3 is 2. The minimum absolute atomic E-state index is 0. The fourth-order valence-electron chi connectivity index (χ4n) is 15.6. The second-order valence-electron chi connectivity index (χ2n) is 19.8. The topological polar surface area (TPSA) is 139 Å². The molecule has 0 spiro atoms. The Kier molecular flexibility index (Phi) is 12.7. The number of fused-ring (bicyclic) bond motifs is 10. The molecule has 5 N–H and O–H groups in total. The van der Waals surface area contributed by atoms with E-state index in [-0.39, 0.29) is 43.4 Å². The van der Waals surface area contributed by atoms with Gasteiger partial charge in [0.15, 0.2) is 0 Å². The second kappa shape index (κ2) is 15.7. The van der Waals surface area contributed by atoms with Crippen LogP contribution < -0.4 is 5.73 Å². The molecule has 0 unspecified atom stereocenters. The molecule has 0 aromatic carbocycles. The summed E-state index contributed by atoms with van der Waals surface area (Å²) < 4.78 is 10.6. The van der Waals surface area contributed by atoms with E-state index in [1.165, 1.54) is 44.9 Å². The molecule has 8 aliphatic carbocycles. The molecule has 0 bridgehead atoms. The number of rotatable bonds is 6. The number of carbonyl (C=O) groups is 2. The summed E-state index contributed by atoms with van der Waals surface area (Å²) in [6.45, 7) is 5.56. The molecular formula is C44H77NO7. The zero-order chi connectivity index (χ0) is 35.6. The molecule has 0 radical (unpaired) electrons. The molecule has 0 aromatic rings. The Balaban J connectivity index is 0.000000194. The lowest BCUT2D eigenvalue weighted by atomic mass is 9.49. The van der Waals surface area contributed by atoms with Crippen molar-refractivity contribution < 1.29 is 34.4 Å². The van der Waals surface area contributed by atoms with Crippen LogP contribution in [-0.2, 0) is 19.1 Å². The van der Waals surface area contributed by atoms with Crippen LogP contribution in [0.15, 0.2) is 0 Å². The summed E-state index contributed by atoms with van der Waals surface area (Å²) in [5.41, 5.74) is 4.69. The van der Waals surface area contributed by atoms with E-state index in [4.69, 9.17) is 15.2 Å². The third-order valence-electron chi connectivity index (χ3n) is 17.7. The standard InChI is InChI=1S/C21H35NO3.C21H34O4.2CH4/c2*1-20-9-7-15-14-8-10-21(24,12-25-2)11-13(14)3-4-16(15)17(20)5-6-18(20)19(22)23;;/h13-18,24H,3-12H2,1-2H3,(H2,22,23);13-18,24H,3-12H2,1-2H3,(H,22,23);2*1H4/t2*13-,14-,15+,16+,17-,18+,20-,21+;;/m00../s1. The fourth-order valence-corrected chi connectivity index (χ4v) is 15.6. The van der Waals surface area contributed by atoms with Crippen LogP contribution in [0.25, 0.3) is 0 Å². The van der Waals surface area contributed by atoms with E-state index in [2.05, 4.69) is 13.8 Å². The molecule has 8 aliphatic rings. The third-order valence-corrected chi connectivity index (χ3v) is 17.7. The van der Waals surface area contributed by atoms with Gasteiger partial charge in [0, 0.05) is 20.1 Å². The average molecular weight is 732 g/mol. The van der Waals surface area contributed by atoms with E-state index in [0.717, 1.165) is 106 Å². The summed E-state index contributed by atoms with van der Waals surface area (Å²) in [4.78, 5) is 23.7. The van der Waals surface area contributed by atoms with Crippen molar-refractivity contribution in [3.8, 4) is 0 Å². The Labute approximate surface area is 316 Å². The molecule has 8 rings (SSSR count). The first-order valence-electron chi connectivity index (χ1n) is 20.7. The first-order valence-corrected chi connectivity index (χ1v) is 20.7.